The van der Waals surface area contributed by atoms with Crippen molar-refractivity contribution in [2.24, 2.45) is 5.41 Å². The highest BCUT2D eigenvalue weighted by molar-refractivity contribution is 5.78. The van der Waals surface area contributed by atoms with Crippen molar-refractivity contribution in [1.29, 1.82) is 0 Å². The third-order valence-corrected chi connectivity index (χ3v) is 5.10. The van der Waals surface area contributed by atoms with E-state index in [0.717, 1.165) is 51.9 Å². The number of ether oxygens (including phenoxy) is 1. The normalized spacial score (nSPS) is 24.0. The van der Waals surface area contributed by atoms with Crippen LogP contribution in [0, 0.1) is 5.41 Å². The number of cyclic esters (lactones) is 1. The fourth-order valence-electron chi connectivity index (χ4n) is 3.49. The summed E-state index contributed by atoms with van der Waals surface area (Å²) in [6, 6.07) is 7.76. The molecule has 2 aliphatic rings. The molecule has 2 heterocycles. The summed E-state index contributed by atoms with van der Waals surface area (Å²) in [6.07, 6.45) is 2.69. The Morgan fingerprint density at radius 2 is 1.83 bits per heavy atom. The third-order valence-electron chi connectivity index (χ3n) is 5.10. The van der Waals surface area contributed by atoms with Gasteiger partial charge in [0, 0.05) is 44.0 Å². The first kappa shape index (κ1) is 17.0. The molecule has 0 unspecified atom stereocenters. The summed E-state index contributed by atoms with van der Waals surface area (Å²) in [5.41, 5.74) is 1.56. The van der Waals surface area contributed by atoms with Gasteiger partial charge >= 0.3 is 5.97 Å². The Hall–Kier alpha value is -1.88. The Kier molecular flexibility index (Phi) is 4.90. The smallest absolute Gasteiger partial charge is 0.311 e. The molecule has 0 aliphatic carbocycles. The van der Waals surface area contributed by atoms with Gasteiger partial charge in [0.25, 0.3) is 0 Å². The van der Waals surface area contributed by atoms with Gasteiger partial charge in [-0.1, -0.05) is 0 Å². The average molecular weight is 330 g/mol. The molecule has 24 heavy (non-hydrogen) atoms. The summed E-state index contributed by atoms with van der Waals surface area (Å²) in [5.74, 6) is -0.0592. The number of hydrogen-bond donors (Lipinski definition) is 0. The molecule has 1 aromatic rings. The number of piperazine rings is 1. The number of hydrogen-bond acceptors (Lipinski definition) is 5. The van der Waals surface area contributed by atoms with Crippen LogP contribution >= 0.6 is 0 Å². The van der Waals surface area contributed by atoms with Gasteiger partial charge in [-0.2, -0.15) is 0 Å². The zero-order valence-electron chi connectivity index (χ0n) is 14.5. The number of anilines is 1. The minimum absolute atomic E-state index is 0.0592. The van der Waals surface area contributed by atoms with E-state index in [2.05, 4.69) is 9.80 Å². The number of rotatable bonds is 5. The summed E-state index contributed by atoms with van der Waals surface area (Å²) < 4.78 is 5.48. The van der Waals surface area contributed by atoms with Gasteiger partial charge in [-0.3, -0.25) is 14.5 Å². The van der Waals surface area contributed by atoms with E-state index >= 15 is 0 Å². The molecule has 0 amide bonds. The lowest BCUT2D eigenvalue weighted by atomic mass is 9.89. The number of benzene rings is 1. The Morgan fingerprint density at radius 1 is 1.17 bits per heavy atom. The third kappa shape index (κ3) is 3.78. The fourth-order valence-corrected chi connectivity index (χ4v) is 3.49. The predicted octanol–water partition coefficient (Wildman–Crippen LogP) is 2.35. The van der Waals surface area contributed by atoms with Gasteiger partial charge in [-0.05, 0) is 51.0 Å². The van der Waals surface area contributed by atoms with Gasteiger partial charge in [0.15, 0.2) is 0 Å². The molecule has 3 rings (SSSR count). The fraction of sp³-hybridized carbons (Fsp3) is 0.579. The zero-order valence-corrected chi connectivity index (χ0v) is 14.5. The Morgan fingerprint density at radius 3 is 2.38 bits per heavy atom. The van der Waals surface area contributed by atoms with Gasteiger partial charge in [0.05, 0.1) is 5.41 Å². The van der Waals surface area contributed by atoms with Gasteiger partial charge in [0.1, 0.15) is 12.4 Å². The predicted molar refractivity (Wildman–Crippen MR) is 93.4 cm³/mol. The number of nitrogens with zero attached hydrogens (tertiary/aromatic N) is 2. The van der Waals surface area contributed by atoms with Crippen LogP contribution in [0.1, 0.15) is 37.0 Å². The first-order valence-corrected chi connectivity index (χ1v) is 8.71. The summed E-state index contributed by atoms with van der Waals surface area (Å²) in [5, 5.41) is 0. The lowest BCUT2D eigenvalue weighted by molar-refractivity contribution is -0.147. The van der Waals surface area contributed by atoms with Crippen LogP contribution in [-0.2, 0) is 9.53 Å². The number of carbonyl (C=O) groups excluding carboxylic acids is 2. The summed E-state index contributed by atoms with van der Waals surface area (Å²) >= 11 is 0. The average Bonchev–Trinajstić information content (AvgIpc) is 2.86. The molecule has 2 fully saturated rings. The molecule has 0 radical (unpaired) electrons. The molecule has 130 valence electrons. The lowest BCUT2D eigenvalue weighted by Crippen LogP contribution is -2.47. The van der Waals surface area contributed by atoms with E-state index < -0.39 is 0 Å². The van der Waals surface area contributed by atoms with E-state index in [-0.39, 0.29) is 17.5 Å². The minimum atomic E-state index is -0.322. The summed E-state index contributed by atoms with van der Waals surface area (Å²) in [4.78, 5) is 27.3. The van der Waals surface area contributed by atoms with Gasteiger partial charge < -0.3 is 9.64 Å². The molecule has 5 nitrogen and oxygen atoms in total. The highest BCUT2D eigenvalue weighted by Gasteiger charge is 2.41. The second-order valence-corrected chi connectivity index (χ2v) is 7.44. The van der Waals surface area contributed by atoms with Crippen LogP contribution in [0.2, 0.25) is 0 Å². The van der Waals surface area contributed by atoms with E-state index in [1.807, 2.05) is 38.1 Å². The molecular weight excluding hydrogens is 304 g/mol. The minimum Gasteiger partial charge on any atom is -0.462 e. The monoisotopic (exact) mass is 330 g/mol. The van der Waals surface area contributed by atoms with Crippen molar-refractivity contribution < 1.29 is 14.3 Å². The van der Waals surface area contributed by atoms with Crippen LogP contribution in [-0.4, -0.2) is 56.0 Å². The van der Waals surface area contributed by atoms with E-state index in [1.165, 1.54) is 5.69 Å². The van der Waals surface area contributed by atoms with Crippen molar-refractivity contribution in [3.8, 4) is 0 Å². The van der Waals surface area contributed by atoms with E-state index in [1.54, 1.807) is 0 Å². The van der Waals surface area contributed by atoms with Gasteiger partial charge in [0.2, 0.25) is 0 Å². The van der Waals surface area contributed by atoms with Crippen LogP contribution in [0.3, 0.4) is 0 Å². The number of esters is 1. The van der Waals surface area contributed by atoms with Crippen LogP contribution in [0.15, 0.2) is 24.3 Å². The topological polar surface area (TPSA) is 49.9 Å². The summed E-state index contributed by atoms with van der Waals surface area (Å²) in [7, 11) is 0. The maximum Gasteiger partial charge on any atom is 0.311 e. The Bertz CT molecular complexity index is 589. The molecule has 0 bridgehead atoms. The van der Waals surface area contributed by atoms with Crippen LogP contribution < -0.4 is 4.90 Å². The molecule has 0 N–H and O–H groups in total. The number of aldehydes is 1. The Balaban J connectivity index is 1.44. The molecule has 1 aromatic carbocycles. The van der Waals surface area contributed by atoms with Gasteiger partial charge in [-0.15, -0.1) is 0 Å². The molecule has 0 aromatic heterocycles. The SMILES string of the molecule is CC1(C)C[C@H](CCN2CCN(c3ccc(C=O)cc3)CC2)OC1=O. The molecule has 0 saturated carbocycles. The first-order valence-electron chi connectivity index (χ1n) is 8.71. The largest absolute Gasteiger partial charge is 0.462 e. The van der Waals surface area contributed by atoms with Crippen molar-refractivity contribution in [3.05, 3.63) is 29.8 Å². The van der Waals surface area contributed by atoms with Crippen molar-refractivity contribution >= 4 is 17.9 Å². The number of carbonyl (C=O) groups is 2. The summed E-state index contributed by atoms with van der Waals surface area (Å²) in [6.45, 7) is 8.89. The van der Waals surface area contributed by atoms with Crippen molar-refractivity contribution in [2.45, 2.75) is 32.8 Å². The molecule has 1 atom stereocenters. The maximum absolute atomic E-state index is 11.7. The molecule has 5 heteroatoms. The molecule has 0 spiro atoms. The van der Waals surface area contributed by atoms with E-state index in [4.69, 9.17) is 4.74 Å². The first-order chi connectivity index (χ1) is 11.5. The Labute approximate surface area is 143 Å². The highest BCUT2D eigenvalue weighted by Crippen LogP contribution is 2.34. The molecule has 2 saturated heterocycles. The van der Waals surface area contributed by atoms with Crippen LogP contribution in [0.25, 0.3) is 0 Å². The molecular formula is C19H26N2O3. The maximum atomic E-state index is 11.7. The quantitative estimate of drug-likeness (QED) is 0.613. The van der Waals surface area contributed by atoms with Crippen molar-refractivity contribution in [2.75, 3.05) is 37.6 Å². The van der Waals surface area contributed by atoms with Crippen molar-refractivity contribution in [3.63, 3.8) is 0 Å². The van der Waals surface area contributed by atoms with Crippen molar-refractivity contribution in [1.82, 2.24) is 4.90 Å². The second kappa shape index (κ2) is 6.93. The van der Waals surface area contributed by atoms with Crippen LogP contribution in [0.4, 0.5) is 5.69 Å². The van der Waals surface area contributed by atoms with Gasteiger partial charge in [-0.25, -0.2) is 0 Å². The molecule has 2 aliphatic heterocycles. The van der Waals surface area contributed by atoms with Crippen LogP contribution in [0.5, 0.6) is 0 Å². The lowest BCUT2D eigenvalue weighted by Gasteiger charge is -2.36. The second-order valence-electron chi connectivity index (χ2n) is 7.44. The van der Waals surface area contributed by atoms with E-state index in [9.17, 15) is 9.59 Å². The zero-order chi connectivity index (χ0) is 17.2. The standard InChI is InChI=1S/C19H26N2O3/c1-19(2)13-17(24-18(19)23)7-8-20-9-11-21(12-10-20)16-5-3-15(14-22)4-6-16/h3-6,14,17H,7-13H2,1-2H3/t17-/m0/s1. The van der Waals surface area contributed by atoms with E-state index in [0.29, 0.717) is 5.56 Å². The highest BCUT2D eigenvalue weighted by atomic mass is 16.6.